The van der Waals surface area contributed by atoms with Crippen LogP contribution in [0.15, 0.2) is 30.3 Å². The number of pyridine rings is 1. The highest BCUT2D eigenvalue weighted by Crippen LogP contribution is 2.40. The van der Waals surface area contributed by atoms with Gasteiger partial charge < -0.3 is 5.32 Å². The van der Waals surface area contributed by atoms with Crippen LogP contribution < -0.4 is 5.32 Å². The number of nitrogens with one attached hydrogen (secondary N) is 1. The lowest BCUT2D eigenvalue weighted by Crippen LogP contribution is -2.37. The number of hydrogen-bond acceptors (Lipinski definition) is 3. The van der Waals surface area contributed by atoms with Crippen LogP contribution in [0, 0.1) is 6.92 Å². The van der Waals surface area contributed by atoms with Crippen LogP contribution in [-0.2, 0) is 18.6 Å². The van der Waals surface area contributed by atoms with Crippen molar-refractivity contribution in [1.82, 2.24) is 20.1 Å². The maximum absolute atomic E-state index is 13.2. The van der Waals surface area contributed by atoms with E-state index in [1.165, 1.54) is 6.07 Å². The predicted octanol–water partition coefficient (Wildman–Crippen LogP) is 4.88. The zero-order chi connectivity index (χ0) is 22.6. The second-order valence-corrected chi connectivity index (χ2v) is 8.92. The highest BCUT2D eigenvalue weighted by molar-refractivity contribution is 6.06. The molecule has 0 bridgehead atoms. The third kappa shape index (κ3) is 4.16. The summed E-state index contributed by atoms with van der Waals surface area (Å²) in [6.07, 6.45) is -2.30. The fraction of sp³-hybridized carbons (Fsp3) is 0.435. The minimum atomic E-state index is -4.41. The summed E-state index contributed by atoms with van der Waals surface area (Å²) in [7, 11) is 1.80. The first-order chi connectivity index (χ1) is 14.5. The minimum Gasteiger partial charge on any atom is -0.351 e. The lowest BCUT2D eigenvalue weighted by Gasteiger charge is -2.26. The molecule has 4 rings (SSSR count). The van der Waals surface area contributed by atoms with E-state index >= 15 is 0 Å². The maximum atomic E-state index is 13.2. The molecule has 2 heterocycles. The lowest BCUT2D eigenvalue weighted by molar-refractivity contribution is -0.137. The maximum Gasteiger partial charge on any atom is 0.416 e. The van der Waals surface area contributed by atoms with Crippen LogP contribution in [0.25, 0.3) is 11.0 Å². The molecule has 31 heavy (non-hydrogen) atoms. The normalized spacial score (nSPS) is 14.8. The summed E-state index contributed by atoms with van der Waals surface area (Å²) in [6, 6.07) is 7.09. The Morgan fingerprint density at radius 3 is 2.52 bits per heavy atom. The van der Waals surface area contributed by atoms with Crippen molar-refractivity contribution in [2.75, 3.05) is 6.54 Å². The molecular formula is C23H25F3N4O. The summed E-state index contributed by atoms with van der Waals surface area (Å²) in [5.41, 5.74) is 1.92. The van der Waals surface area contributed by atoms with E-state index in [0.29, 0.717) is 28.1 Å². The minimum absolute atomic E-state index is 0.190. The van der Waals surface area contributed by atoms with Gasteiger partial charge in [0.25, 0.3) is 5.91 Å². The molecule has 1 fully saturated rings. The van der Waals surface area contributed by atoms with Gasteiger partial charge in [-0.3, -0.25) is 9.48 Å². The Bertz CT molecular complexity index is 1160. The number of halogens is 3. The number of aromatic nitrogens is 3. The largest absolute Gasteiger partial charge is 0.416 e. The molecule has 3 aromatic rings. The molecule has 0 saturated heterocycles. The van der Waals surface area contributed by atoms with Crippen molar-refractivity contribution in [3.63, 3.8) is 0 Å². The molecule has 1 saturated carbocycles. The van der Waals surface area contributed by atoms with Crippen LogP contribution in [-0.4, -0.2) is 27.2 Å². The van der Waals surface area contributed by atoms with Gasteiger partial charge in [0.2, 0.25) is 0 Å². The topological polar surface area (TPSA) is 59.8 Å². The molecule has 1 aliphatic carbocycles. The predicted molar refractivity (Wildman–Crippen MR) is 112 cm³/mol. The lowest BCUT2D eigenvalue weighted by atomic mass is 9.83. The van der Waals surface area contributed by atoms with E-state index in [4.69, 9.17) is 4.98 Å². The quantitative estimate of drug-likeness (QED) is 0.628. The number of benzene rings is 1. The van der Waals surface area contributed by atoms with Crippen molar-refractivity contribution in [3.05, 3.63) is 58.4 Å². The number of carbonyl (C=O) groups excluding carboxylic acids is 1. The van der Waals surface area contributed by atoms with Gasteiger partial charge in [-0.05, 0) is 37.5 Å². The number of fused-ring (bicyclic) bond motifs is 1. The van der Waals surface area contributed by atoms with E-state index in [1.54, 1.807) is 17.8 Å². The van der Waals surface area contributed by atoms with Crippen molar-refractivity contribution in [3.8, 4) is 0 Å². The van der Waals surface area contributed by atoms with Crippen LogP contribution in [0.4, 0.5) is 13.2 Å². The number of amides is 1. The Balaban J connectivity index is 1.61. The highest BCUT2D eigenvalue weighted by atomic mass is 19.4. The van der Waals surface area contributed by atoms with Crippen LogP contribution in [0.5, 0.6) is 0 Å². The van der Waals surface area contributed by atoms with Gasteiger partial charge in [0, 0.05) is 30.6 Å². The average Bonchev–Trinajstić information content (AvgIpc) is 3.51. The zero-order valence-electron chi connectivity index (χ0n) is 18.0. The Hall–Kier alpha value is -2.90. The van der Waals surface area contributed by atoms with Crippen molar-refractivity contribution in [1.29, 1.82) is 0 Å². The third-order valence-electron chi connectivity index (χ3n) is 5.89. The fourth-order valence-electron chi connectivity index (χ4n) is 3.85. The van der Waals surface area contributed by atoms with Crippen molar-refractivity contribution >= 4 is 16.9 Å². The fourth-order valence-corrected chi connectivity index (χ4v) is 3.85. The van der Waals surface area contributed by atoms with Gasteiger partial charge in [0.15, 0.2) is 5.65 Å². The first-order valence-corrected chi connectivity index (χ1v) is 10.3. The summed E-state index contributed by atoms with van der Waals surface area (Å²) < 4.78 is 41.0. The first kappa shape index (κ1) is 21.3. The number of alkyl halides is 3. The summed E-state index contributed by atoms with van der Waals surface area (Å²) in [6.45, 7) is 5.66. The van der Waals surface area contributed by atoms with Gasteiger partial charge in [0.1, 0.15) is 0 Å². The van der Waals surface area contributed by atoms with Crippen LogP contribution in [0.2, 0.25) is 0 Å². The molecule has 2 aromatic heterocycles. The molecule has 5 nitrogen and oxygen atoms in total. The zero-order valence-corrected chi connectivity index (χ0v) is 18.0. The Kier molecular flexibility index (Phi) is 5.06. The molecule has 0 atom stereocenters. The van der Waals surface area contributed by atoms with E-state index in [0.717, 1.165) is 36.4 Å². The molecule has 0 spiro atoms. The molecular weight excluding hydrogens is 405 g/mol. The summed E-state index contributed by atoms with van der Waals surface area (Å²) in [5, 5.41) is 8.05. The van der Waals surface area contributed by atoms with E-state index in [1.807, 2.05) is 26.8 Å². The van der Waals surface area contributed by atoms with Gasteiger partial charge in [-0.2, -0.15) is 18.3 Å². The second kappa shape index (κ2) is 7.35. The van der Waals surface area contributed by atoms with E-state index < -0.39 is 17.2 Å². The SMILES string of the molecule is Cc1nn(C)c2nc(C3CC3)cc(C(=O)NCC(C)(C)c3cccc(C(F)(F)F)c3)c12. The number of aryl methyl sites for hydroxylation is 2. The standard InChI is InChI=1S/C23H25F3N4O/c1-13-19-17(11-18(14-8-9-14)28-20(19)30(4)29-13)21(31)27-12-22(2,3)15-6-5-7-16(10-15)23(24,25)26/h5-7,10-11,14H,8-9,12H2,1-4H3,(H,27,31). The van der Waals surface area contributed by atoms with Crippen LogP contribution in [0.1, 0.15) is 65.5 Å². The third-order valence-corrected chi connectivity index (χ3v) is 5.89. The molecule has 164 valence electrons. The Morgan fingerprint density at radius 2 is 1.87 bits per heavy atom. The molecule has 1 aliphatic rings. The van der Waals surface area contributed by atoms with Crippen LogP contribution in [0.3, 0.4) is 0 Å². The highest BCUT2D eigenvalue weighted by Gasteiger charge is 2.33. The Morgan fingerprint density at radius 1 is 1.19 bits per heavy atom. The molecule has 0 aliphatic heterocycles. The molecule has 0 radical (unpaired) electrons. The van der Waals surface area contributed by atoms with Crippen molar-refractivity contribution < 1.29 is 18.0 Å². The smallest absolute Gasteiger partial charge is 0.351 e. The summed E-state index contributed by atoms with van der Waals surface area (Å²) >= 11 is 0. The number of hydrogen-bond donors (Lipinski definition) is 1. The van der Waals surface area contributed by atoms with Crippen molar-refractivity contribution in [2.24, 2.45) is 7.05 Å². The summed E-state index contributed by atoms with van der Waals surface area (Å²) in [5.74, 6) is 0.0955. The van der Waals surface area contributed by atoms with E-state index in [2.05, 4.69) is 10.4 Å². The molecule has 1 amide bonds. The number of nitrogens with zero attached hydrogens (tertiary/aromatic N) is 3. The van der Waals surface area contributed by atoms with Gasteiger partial charge in [0.05, 0.1) is 22.2 Å². The molecule has 8 heteroatoms. The van der Waals surface area contributed by atoms with Crippen LogP contribution >= 0.6 is 0 Å². The van der Waals surface area contributed by atoms with Crippen molar-refractivity contribution in [2.45, 2.75) is 51.1 Å². The molecule has 0 unspecified atom stereocenters. The van der Waals surface area contributed by atoms with E-state index in [-0.39, 0.29) is 12.5 Å². The van der Waals surface area contributed by atoms with E-state index in [9.17, 15) is 18.0 Å². The first-order valence-electron chi connectivity index (χ1n) is 10.3. The Labute approximate surface area is 178 Å². The van der Waals surface area contributed by atoms with Gasteiger partial charge in [-0.1, -0.05) is 32.0 Å². The van der Waals surface area contributed by atoms with Gasteiger partial charge in [-0.25, -0.2) is 4.98 Å². The average molecular weight is 430 g/mol. The second-order valence-electron chi connectivity index (χ2n) is 8.92. The van der Waals surface area contributed by atoms with Gasteiger partial charge in [-0.15, -0.1) is 0 Å². The number of rotatable bonds is 5. The van der Waals surface area contributed by atoms with Gasteiger partial charge >= 0.3 is 6.18 Å². The molecule has 1 N–H and O–H groups in total. The monoisotopic (exact) mass is 430 g/mol. The molecule has 1 aromatic carbocycles. The number of carbonyl (C=O) groups is 1. The summed E-state index contributed by atoms with van der Waals surface area (Å²) in [4.78, 5) is 17.9.